The van der Waals surface area contributed by atoms with Crippen LogP contribution >= 0.6 is 109 Å². The highest BCUT2D eigenvalue weighted by Crippen LogP contribution is 2.43. The number of rotatable bonds is 5. The van der Waals surface area contributed by atoms with E-state index >= 15 is 0 Å². The minimum Gasteiger partial charge on any atom is -0.340 e. The van der Waals surface area contributed by atoms with E-state index in [2.05, 4.69) is 150 Å². The normalized spacial score (nSPS) is 15.1. The lowest BCUT2D eigenvalue weighted by atomic mass is 10.3. The van der Waals surface area contributed by atoms with E-state index in [1.807, 2.05) is 0 Å². The maximum atomic E-state index is 6.33. The second kappa shape index (κ2) is 10.1. The van der Waals surface area contributed by atoms with E-state index in [1.165, 1.54) is 7.14 Å². The van der Waals surface area contributed by atoms with Crippen LogP contribution in [0.5, 0.6) is 0 Å². The van der Waals surface area contributed by atoms with Gasteiger partial charge in [0.25, 0.3) is 0 Å². The summed E-state index contributed by atoms with van der Waals surface area (Å²) in [5.41, 5.74) is 2.24. The SMILES string of the molecule is CCCOC1N(c2c(Br)cc(I)cc2Br)CCN1c1c(Br)cc(I)cc1Br. The first-order valence-electron chi connectivity index (χ1n) is 8.27. The topological polar surface area (TPSA) is 15.7 Å². The zero-order valence-corrected chi connectivity index (χ0v) is 24.9. The monoisotopic (exact) mass is 846 g/mol. The van der Waals surface area contributed by atoms with E-state index in [-0.39, 0.29) is 6.35 Å². The standard InChI is InChI=1S/C18H16Br4I2N2O/c1-2-5-27-18-25(16-12(19)6-10(23)7-13(16)20)3-4-26(18)17-14(21)8-11(24)9-15(17)22/h6-9,18H,2-5H2,1H3. The van der Waals surface area contributed by atoms with Crippen molar-refractivity contribution in [3.05, 3.63) is 49.3 Å². The van der Waals surface area contributed by atoms with E-state index in [9.17, 15) is 0 Å². The Kier molecular flexibility index (Phi) is 8.64. The highest BCUT2D eigenvalue weighted by molar-refractivity contribution is 14.1. The summed E-state index contributed by atoms with van der Waals surface area (Å²) in [5.74, 6) is 0. The fourth-order valence-electron chi connectivity index (χ4n) is 3.07. The Morgan fingerprint density at radius 1 is 0.852 bits per heavy atom. The highest BCUT2D eigenvalue weighted by Gasteiger charge is 2.36. The lowest BCUT2D eigenvalue weighted by Gasteiger charge is -2.34. The van der Waals surface area contributed by atoms with Gasteiger partial charge in [-0.3, -0.25) is 0 Å². The maximum Gasteiger partial charge on any atom is 0.210 e. The van der Waals surface area contributed by atoms with Crippen molar-refractivity contribution >= 4 is 120 Å². The molecule has 1 fully saturated rings. The van der Waals surface area contributed by atoms with Gasteiger partial charge in [0.2, 0.25) is 6.35 Å². The van der Waals surface area contributed by atoms with Gasteiger partial charge in [-0.05, 0) is 140 Å². The largest absolute Gasteiger partial charge is 0.340 e. The van der Waals surface area contributed by atoms with Crippen molar-refractivity contribution in [2.75, 3.05) is 29.5 Å². The third kappa shape index (κ3) is 5.17. The van der Waals surface area contributed by atoms with Crippen molar-refractivity contribution in [1.82, 2.24) is 0 Å². The van der Waals surface area contributed by atoms with Crippen molar-refractivity contribution < 1.29 is 4.74 Å². The van der Waals surface area contributed by atoms with E-state index in [0.29, 0.717) is 6.61 Å². The molecular formula is C18H16Br4I2N2O. The Morgan fingerprint density at radius 2 is 1.22 bits per heavy atom. The van der Waals surface area contributed by atoms with E-state index in [1.54, 1.807) is 0 Å². The third-order valence-electron chi connectivity index (χ3n) is 4.12. The molecule has 2 aromatic carbocycles. The highest BCUT2D eigenvalue weighted by atomic mass is 127. The molecule has 1 aliphatic heterocycles. The first-order chi connectivity index (χ1) is 12.8. The molecule has 1 saturated heterocycles. The molecule has 3 nitrogen and oxygen atoms in total. The molecule has 27 heavy (non-hydrogen) atoms. The van der Waals surface area contributed by atoms with Gasteiger partial charge >= 0.3 is 0 Å². The molecule has 0 aromatic heterocycles. The van der Waals surface area contributed by atoms with Gasteiger partial charge in [-0.25, -0.2) is 0 Å². The summed E-state index contributed by atoms with van der Waals surface area (Å²) in [6.45, 7) is 4.59. The summed E-state index contributed by atoms with van der Waals surface area (Å²) in [4.78, 5) is 4.63. The molecule has 3 rings (SSSR count). The molecule has 0 aliphatic carbocycles. The molecule has 0 unspecified atom stereocenters. The van der Waals surface area contributed by atoms with E-state index in [0.717, 1.165) is 48.8 Å². The van der Waals surface area contributed by atoms with Gasteiger partial charge in [0, 0.05) is 38.1 Å². The van der Waals surface area contributed by atoms with Gasteiger partial charge in [-0.15, -0.1) is 0 Å². The quantitative estimate of drug-likeness (QED) is 0.284. The minimum atomic E-state index is -0.176. The molecule has 0 amide bonds. The van der Waals surface area contributed by atoms with Crippen LogP contribution in [0.4, 0.5) is 11.4 Å². The lowest BCUT2D eigenvalue weighted by Crippen LogP contribution is -2.42. The van der Waals surface area contributed by atoms with Gasteiger partial charge in [-0.1, -0.05) is 6.92 Å². The third-order valence-corrected chi connectivity index (χ3v) is 7.79. The number of ether oxygens (including phenoxy) is 1. The summed E-state index contributed by atoms with van der Waals surface area (Å²) < 4.78 is 12.9. The number of halogens is 6. The van der Waals surface area contributed by atoms with E-state index < -0.39 is 0 Å². The maximum absolute atomic E-state index is 6.33. The first-order valence-corrected chi connectivity index (χ1v) is 13.6. The fraction of sp³-hybridized carbons (Fsp3) is 0.333. The number of hydrogen-bond donors (Lipinski definition) is 0. The van der Waals surface area contributed by atoms with Gasteiger partial charge in [0.15, 0.2) is 0 Å². The summed E-state index contributed by atoms with van der Waals surface area (Å²) in [6, 6.07) is 8.54. The van der Waals surface area contributed by atoms with Crippen LogP contribution in [0.3, 0.4) is 0 Å². The molecule has 0 bridgehead atoms. The predicted molar refractivity (Wildman–Crippen MR) is 144 cm³/mol. The number of anilines is 2. The van der Waals surface area contributed by atoms with Gasteiger partial charge in [0.1, 0.15) is 0 Å². The Hall–Kier alpha value is 1.38. The zero-order valence-electron chi connectivity index (χ0n) is 14.3. The van der Waals surface area contributed by atoms with Crippen LogP contribution in [0.25, 0.3) is 0 Å². The number of nitrogens with zero attached hydrogens (tertiary/aromatic N) is 2. The molecule has 1 heterocycles. The second-order valence-corrected chi connectivity index (χ2v) is 11.9. The zero-order chi connectivity index (χ0) is 19.7. The molecule has 146 valence electrons. The number of hydrogen-bond acceptors (Lipinski definition) is 3. The summed E-state index contributed by atoms with van der Waals surface area (Å²) in [6.07, 6.45) is 0.799. The number of benzene rings is 2. The van der Waals surface area contributed by atoms with Gasteiger partial charge < -0.3 is 14.5 Å². The second-order valence-electron chi connectivity index (χ2n) is 6.02. The average Bonchev–Trinajstić information content (AvgIpc) is 2.94. The molecule has 0 N–H and O–H groups in total. The molecule has 0 saturated carbocycles. The van der Waals surface area contributed by atoms with Crippen LogP contribution in [0.2, 0.25) is 0 Å². The average molecular weight is 850 g/mol. The summed E-state index contributed by atoms with van der Waals surface area (Å²) in [5, 5.41) is 0. The van der Waals surface area contributed by atoms with Crippen molar-refractivity contribution in [1.29, 1.82) is 0 Å². The van der Waals surface area contributed by atoms with Crippen LogP contribution in [0.15, 0.2) is 42.2 Å². The van der Waals surface area contributed by atoms with Gasteiger partial charge in [-0.2, -0.15) is 0 Å². The molecular weight excluding hydrogens is 834 g/mol. The van der Waals surface area contributed by atoms with Crippen LogP contribution in [-0.2, 0) is 4.74 Å². The summed E-state index contributed by atoms with van der Waals surface area (Å²) >= 11 is 19.7. The Labute approximate surface area is 220 Å². The summed E-state index contributed by atoms with van der Waals surface area (Å²) in [7, 11) is 0. The van der Waals surface area contributed by atoms with Crippen molar-refractivity contribution in [3.8, 4) is 0 Å². The predicted octanol–water partition coefficient (Wildman–Crippen LogP) is 7.98. The smallest absolute Gasteiger partial charge is 0.210 e. The van der Waals surface area contributed by atoms with Crippen molar-refractivity contribution in [2.45, 2.75) is 19.7 Å². The first kappa shape index (κ1) is 23.1. The molecule has 2 aromatic rings. The van der Waals surface area contributed by atoms with Crippen LogP contribution in [-0.4, -0.2) is 26.0 Å². The van der Waals surface area contributed by atoms with E-state index in [4.69, 9.17) is 4.74 Å². The molecule has 9 heteroatoms. The molecule has 0 radical (unpaired) electrons. The van der Waals surface area contributed by atoms with Gasteiger partial charge in [0.05, 0.1) is 18.0 Å². The van der Waals surface area contributed by atoms with Crippen LogP contribution in [0, 0.1) is 7.14 Å². The van der Waals surface area contributed by atoms with Crippen LogP contribution < -0.4 is 9.80 Å². The van der Waals surface area contributed by atoms with Crippen LogP contribution in [0.1, 0.15) is 13.3 Å². The van der Waals surface area contributed by atoms with Crippen molar-refractivity contribution in [3.63, 3.8) is 0 Å². The van der Waals surface area contributed by atoms with Crippen molar-refractivity contribution in [2.24, 2.45) is 0 Å². The Balaban J connectivity index is 2.04. The lowest BCUT2D eigenvalue weighted by molar-refractivity contribution is 0.0630. The Morgan fingerprint density at radius 3 is 1.56 bits per heavy atom. The minimum absolute atomic E-state index is 0.176. The fourth-order valence-corrected chi connectivity index (χ4v) is 9.31. The Bertz CT molecular complexity index is 741. The molecule has 1 aliphatic rings. The molecule has 0 spiro atoms. The molecule has 0 atom stereocenters.